The summed E-state index contributed by atoms with van der Waals surface area (Å²) in [5.74, 6) is 0.361. The van der Waals surface area contributed by atoms with E-state index in [0.717, 1.165) is 12.1 Å². The third-order valence-corrected chi connectivity index (χ3v) is 6.41. The predicted octanol–water partition coefficient (Wildman–Crippen LogP) is 3.77. The van der Waals surface area contributed by atoms with Gasteiger partial charge in [0.05, 0.1) is 16.5 Å². The molecule has 2 atom stereocenters. The summed E-state index contributed by atoms with van der Waals surface area (Å²) < 4.78 is 1.77. The van der Waals surface area contributed by atoms with Gasteiger partial charge in [0.15, 0.2) is 5.65 Å². The van der Waals surface area contributed by atoms with Crippen LogP contribution in [0.4, 0.5) is 0 Å². The number of fused-ring (bicyclic) bond motifs is 6. The second-order valence-electron chi connectivity index (χ2n) is 6.51. The van der Waals surface area contributed by atoms with Crippen molar-refractivity contribution in [1.29, 1.82) is 0 Å². The number of rotatable bonds is 3. The van der Waals surface area contributed by atoms with E-state index < -0.39 is 0 Å². The molecule has 0 N–H and O–H groups in total. The van der Waals surface area contributed by atoms with Gasteiger partial charge in [-0.05, 0) is 37.7 Å². The zero-order chi connectivity index (χ0) is 15.4. The predicted molar refractivity (Wildman–Crippen MR) is 91.0 cm³/mol. The van der Waals surface area contributed by atoms with E-state index >= 15 is 0 Å². The molecule has 0 radical (unpaired) electrons. The third kappa shape index (κ3) is 1.94. The SMILES string of the molecule is CCCCC1=N[C@H]2Sc3c(ncn4ncnc34)[C@@H]2C2=C1CCC2. The maximum absolute atomic E-state index is 5.15. The Morgan fingerprint density at radius 2 is 2.26 bits per heavy atom. The van der Waals surface area contributed by atoms with Crippen LogP contribution in [0.25, 0.3) is 5.65 Å². The molecular weight excluding hydrogens is 306 g/mol. The minimum atomic E-state index is 0.254. The molecule has 0 aromatic carbocycles. The molecule has 0 spiro atoms. The van der Waals surface area contributed by atoms with E-state index in [4.69, 9.17) is 9.98 Å². The Morgan fingerprint density at radius 3 is 3.17 bits per heavy atom. The molecule has 6 heteroatoms. The lowest BCUT2D eigenvalue weighted by Crippen LogP contribution is -2.21. The number of thioether (sulfide) groups is 1. The largest absolute Gasteiger partial charge is 0.274 e. The van der Waals surface area contributed by atoms with E-state index in [0.29, 0.717) is 5.92 Å². The molecule has 0 saturated carbocycles. The number of dihydropyridines is 1. The Morgan fingerprint density at radius 1 is 1.30 bits per heavy atom. The molecule has 0 fully saturated rings. The van der Waals surface area contributed by atoms with Crippen molar-refractivity contribution in [2.75, 3.05) is 0 Å². The van der Waals surface area contributed by atoms with Gasteiger partial charge in [0.2, 0.25) is 0 Å². The van der Waals surface area contributed by atoms with Crippen molar-refractivity contribution in [2.45, 2.75) is 61.6 Å². The maximum Gasteiger partial charge on any atom is 0.172 e. The van der Waals surface area contributed by atoms with Crippen LogP contribution in [0, 0.1) is 0 Å². The normalized spacial score (nSPS) is 25.5. The van der Waals surface area contributed by atoms with Crippen molar-refractivity contribution in [3.63, 3.8) is 0 Å². The number of aliphatic imine (C=N–C) groups is 1. The second-order valence-corrected chi connectivity index (χ2v) is 7.64. The quantitative estimate of drug-likeness (QED) is 0.862. The first-order chi connectivity index (χ1) is 11.4. The standard InChI is InChI=1S/C17H19N5S/c1-2-3-7-12-10-5-4-6-11(10)13-14-15(23-17(13)21-12)16-18-8-20-22(16)9-19-14/h8-9,13,17H,2-7H2,1H3/t13-,17-/m0/s1. The average Bonchev–Trinajstić information content (AvgIpc) is 3.27. The summed E-state index contributed by atoms with van der Waals surface area (Å²) in [6.07, 6.45) is 10.7. The van der Waals surface area contributed by atoms with E-state index in [2.05, 4.69) is 17.0 Å². The van der Waals surface area contributed by atoms with Gasteiger partial charge in [0.1, 0.15) is 18.0 Å². The summed E-state index contributed by atoms with van der Waals surface area (Å²) in [7, 11) is 0. The van der Waals surface area contributed by atoms with Crippen molar-refractivity contribution in [1.82, 2.24) is 19.6 Å². The van der Waals surface area contributed by atoms with Crippen LogP contribution >= 0.6 is 11.8 Å². The maximum atomic E-state index is 5.15. The summed E-state index contributed by atoms with van der Waals surface area (Å²) >= 11 is 1.83. The number of aromatic nitrogens is 4. The molecule has 0 unspecified atom stereocenters. The first-order valence-corrected chi connectivity index (χ1v) is 9.38. The lowest BCUT2D eigenvalue weighted by Gasteiger charge is -2.26. The number of hydrogen-bond donors (Lipinski definition) is 0. The van der Waals surface area contributed by atoms with E-state index in [-0.39, 0.29) is 5.37 Å². The highest BCUT2D eigenvalue weighted by Crippen LogP contribution is 2.55. The van der Waals surface area contributed by atoms with Crippen molar-refractivity contribution in [3.8, 4) is 0 Å². The summed E-state index contributed by atoms with van der Waals surface area (Å²) in [5, 5.41) is 4.47. The summed E-state index contributed by atoms with van der Waals surface area (Å²) in [6, 6.07) is 0. The summed E-state index contributed by atoms with van der Waals surface area (Å²) in [6.45, 7) is 2.25. The van der Waals surface area contributed by atoms with E-state index in [1.54, 1.807) is 28.3 Å². The zero-order valence-electron chi connectivity index (χ0n) is 13.2. The highest BCUT2D eigenvalue weighted by Gasteiger charge is 2.43. The van der Waals surface area contributed by atoms with Gasteiger partial charge < -0.3 is 0 Å². The molecule has 3 aliphatic rings. The molecule has 5 nitrogen and oxygen atoms in total. The average molecular weight is 325 g/mol. The molecule has 0 saturated heterocycles. The number of nitrogens with zero attached hydrogens (tertiary/aromatic N) is 5. The molecule has 1 aliphatic carbocycles. The molecule has 5 rings (SSSR count). The number of hydrogen-bond acceptors (Lipinski definition) is 5. The second kappa shape index (κ2) is 5.16. The number of unbranched alkanes of at least 4 members (excludes halogenated alkanes) is 1. The first-order valence-electron chi connectivity index (χ1n) is 8.50. The minimum absolute atomic E-state index is 0.254. The zero-order valence-corrected chi connectivity index (χ0v) is 14.0. The fourth-order valence-electron chi connectivity index (χ4n) is 4.11. The Hall–Kier alpha value is -1.69. The van der Waals surface area contributed by atoms with Gasteiger partial charge in [-0.1, -0.05) is 30.7 Å². The Balaban J connectivity index is 1.63. The lowest BCUT2D eigenvalue weighted by atomic mass is 9.87. The van der Waals surface area contributed by atoms with Gasteiger partial charge >= 0.3 is 0 Å². The molecule has 2 aliphatic heterocycles. The highest BCUT2D eigenvalue weighted by atomic mass is 32.2. The van der Waals surface area contributed by atoms with Crippen LogP contribution in [0.15, 0.2) is 33.7 Å². The van der Waals surface area contributed by atoms with Crippen LogP contribution in [0.1, 0.15) is 57.1 Å². The summed E-state index contributed by atoms with van der Waals surface area (Å²) in [4.78, 5) is 15.5. The summed E-state index contributed by atoms with van der Waals surface area (Å²) in [5.41, 5.74) is 6.64. The van der Waals surface area contributed by atoms with Crippen LogP contribution in [0.2, 0.25) is 0 Å². The van der Waals surface area contributed by atoms with E-state index in [1.165, 1.54) is 48.4 Å². The van der Waals surface area contributed by atoms with Gasteiger partial charge in [-0.3, -0.25) is 4.99 Å². The van der Waals surface area contributed by atoms with Gasteiger partial charge in [0, 0.05) is 5.71 Å². The smallest absolute Gasteiger partial charge is 0.172 e. The molecule has 2 aromatic rings. The van der Waals surface area contributed by atoms with Crippen LogP contribution in [-0.4, -0.2) is 30.7 Å². The van der Waals surface area contributed by atoms with Crippen LogP contribution in [0.3, 0.4) is 0 Å². The monoisotopic (exact) mass is 325 g/mol. The first kappa shape index (κ1) is 13.7. The Bertz CT molecular complexity index is 850. The van der Waals surface area contributed by atoms with Crippen LogP contribution < -0.4 is 0 Å². The fourth-order valence-corrected chi connectivity index (χ4v) is 5.52. The fraction of sp³-hybridized carbons (Fsp3) is 0.529. The molecular formula is C17H19N5S. The third-order valence-electron chi connectivity index (χ3n) is 5.17. The minimum Gasteiger partial charge on any atom is -0.274 e. The Labute approximate surface area is 139 Å². The molecule has 4 heterocycles. The van der Waals surface area contributed by atoms with Crippen LogP contribution in [0.5, 0.6) is 0 Å². The van der Waals surface area contributed by atoms with E-state index in [9.17, 15) is 0 Å². The molecule has 0 amide bonds. The van der Waals surface area contributed by atoms with Crippen molar-refractivity contribution in [3.05, 3.63) is 29.5 Å². The van der Waals surface area contributed by atoms with Gasteiger partial charge in [-0.15, -0.1) is 0 Å². The topological polar surface area (TPSA) is 55.4 Å². The van der Waals surface area contributed by atoms with Gasteiger partial charge in [0.25, 0.3) is 0 Å². The molecule has 118 valence electrons. The van der Waals surface area contributed by atoms with Gasteiger partial charge in [-0.2, -0.15) is 5.10 Å². The van der Waals surface area contributed by atoms with Crippen molar-refractivity contribution >= 4 is 23.1 Å². The van der Waals surface area contributed by atoms with Crippen molar-refractivity contribution < 1.29 is 0 Å². The molecule has 23 heavy (non-hydrogen) atoms. The van der Waals surface area contributed by atoms with Gasteiger partial charge in [-0.25, -0.2) is 14.5 Å². The van der Waals surface area contributed by atoms with Crippen molar-refractivity contribution in [2.24, 2.45) is 4.99 Å². The van der Waals surface area contributed by atoms with E-state index in [1.807, 2.05) is 11.8 Å². The highest BCUT2D eigenvalue weighted by molar-refractivity contribution is 8.00. The Kier molecular flexibility index (Phi) is 3.08. The van der Waals surface area contributed by atoms with Crippen LogP contribution in [-0.2, 0) is 0 Å². The lowest BCUT2D eigenvalue weighted by molar-refractivity contribution is 0.691. The molecule has 2 aromatic heterocycles. The molecule has 0 bridgehead atoms. The number of allylic oxidation sites excluding steroid dienone is 1.